The van der Waals surface area contributed by atoms with E-state index in [1.807, 2.05) is 30.3 Å². The lowest BCUT2D eigenvalue weighted by molar-refractivity contribution is -0.137. The van der Waals surface area contributed by atoms with Crippen LogP contribution in [0.1, 0.15) is 5.56 Å². The van der Waals surface area contributed by atoms with E-state index in [1.54, 1.807) is 6.20 Å². The van der Waals surface area contributed by atoms with Gasteiger partial charge >= 0.3 is 6.18 Å². The third-order valence-electron chi connectivity index (χ3n) is 2.89. The highest BCUT2D eigenvalue weighted by molar-refractivity contribution is 7.18. The number of nitrogens with one attached hydrogen (secondary N) is 1. The summed E-state index contributed by atoms with van der Waals surface area (Å²) in [5, 5.41) is 3.48. The predicted octanol–water partition coefficient (Wildman–Crippen LogP) is 4.97. The van der Waals surface area contributed by atoms with Crippen LogP contribution < -0.4 is 5.32 Å². The molecular weight excluding hydrogens is 311 g/mol. The molecule has 2 aromatic heterocycles. The van der Waals surface area contributed by atoms with Gasteiger partial charge in [-0.05, 0) is 17.7 Å². The Hall–Kier alpha value is -2.41. The molecule has 22 heavy (non-hydrogen) atoms. The number of pyridine rings is 1. The Morgan fingerprint density at radius 1 is 0.909 bits per heavy atom. The van der Waals surface area contributed by atoms with Crippen molar-refractivity contribution in [2.24, 2.45) is 0 Å². The van der Waals surface area contributed by atoms with Crippen molar-refractivity contribution in [2.75, 3.05) is 5.32 Å². The Kier molecular flexibility index (Phi) is 3.81. The summed E-state index contributed by atoms with van der Waals surface area (Å²) in [7, 11) is 0. The average Bonchev–Trinajstić information content (AvgIpc) is 2.96. The van der Waals surface area contributed by atoms with Crippen LogP contribution in [-0.2, 0) is 6.18 Å². The number of nitrogens with zero attached hydrogens (tertiary/aromatic N) is 2. The molecule has 0 atom stereocenters. The smallest absolute Gasteiger partial charge is 0.316 e. The molecule has 0 spiro atoms. The molecule has 0 aliphatic carbocycles. The average molecular weight is 321 g/mol. The first kappa shape index (κ1) is 14.5. The van der Waals surface area contributed by atoms with E-state index in [4.69, 9.17) is 0 Å². The van der Waals surface area contributed by atoms with Gasteiger partial charge in [0.2, 0.25) is 0 Å². The quantitative estimate of drug-likeness (QED) is 0.740. The largest absolute Gasteiger partial charge is 0.417 e. The fraction of sp³-hybridized carbons (Fsp3) is 0.0667. The van der Waals surface area contributed by atoms with Gasteiger partial charge in [0.1, 0.15) is 5.82 Å². The number of rotatable bonds is 3. The van der Waals surface area contributed by atoms with Gasteiger partial charge in [-0.1, -0.05) is 41.7 Å². The SMILES string of the molecule is FC(F)(F)c1ccc(Nc2ncc(-c3ccccc3)s2)nc1. The van der Waals surface area contributed by atoms with E-state index in [1.165, 1.54) is 17.4 Å². The third-order valence-corrected chi connectivity index (χ3v) is 3.85. The number of hydrogen-bond acceptors (Lipinski definition) is 4. The number of alkyl halides is 3. The predicted molar refractivity (Wildman–Crippen MR) is 80.1 cm³/mol. The molecule has 7 heteroatoms. The van der Waals surface area contributed by atoms with Crippen LogP contribution in [0.25, 0.3) is 10.4 Å². The molecule has 0 bridgehead atoms. The summed E-state index contributed by atoms with van der Waals surface area (Å²) in [5.74, 6) is 0.321. The van der Waals surface area contributed by atoms with Gasteiger partial charge in [0.25, 0.3) is 0 Å². The van der Waals surface area contributed by atoms with Gasteiger partial charge in [0.15, 0.2) is 5.13 Å². The molecule has 1 aromatic carbocycles. The Labute approximate surface area is 128 Å². The second kappa shape index (κ2) is 5.76. The van der Waals surface area contributed by atoms with Crippen molar-refractivity contribution in [3.8, 4) is 10.4 Å². The highest BCUT2D eigenvalue weighted by Crippen LogP contribution is 2.31. The maximum absolute atomic E-state index is 12.5. The normalized spacial score (nSPS) is 11.4. The second-order valence-corrected chi connectivity index (χ2v) is 5.48. The highest BCUT2D eigenvalue weighted by Gasteiger charge is 2.30. The zero-order valence-corrected chi connectivity index (χ0v) is 11.9. The first-order valence-electron chi connectivity index (χ1n) is 6.34. The van der Waals surface area contributed by atoms with E-state index in [0.717, 1.165) is 22.7 Å². The lowest BCUT2D eigenvalue weighted by Crippen LogP contribution is -2.05. The Bertz CT molecular complexity index is 752. The molecule has 2 heterocycles. The molecule has 0 fully saturated rings. The molecule has 0 amide bonds. The maximum atomic E-state index is 12.5. The van der Waals surface area contributed by atoms with Gasteiger partial charge in [0, 0.05) is 12.4 Å². The molecule has 3 nitrogen and oxygen atoms in total. The lowest BCUT2D eigenvalue weighted by Gasteiger charge is -2.06. The maximum Gasteiger partial charge on any atom is 0.417 e. The highest BCUT2D eigenvalue weighted by atomic mass is 32.1. The summed E-state index contributed by atoms with van der Waals surface area (Å²) in [6.45, 7) is 0. The van der Waals surface area contributed by atoms with E-state index in [2.05, 4.69) is 15.3 Å². The number of hydrogen-bond donors (Lipinski definition) is 1. The standard InChI is InChI=1S/C15H10F3N3S/c16-15(17,18)11-6-7-13(19-8-11)21-14-20-9-12(22-14)10-4-2-1-3-5-10/h1-9H,(H,19,20,21). The lowest BCUT2D eigenvalue weighted by atomic mass is 10.2. The second-order valence-electron chi connectivity index (χ2n) is 4.45. The van der Waals surface area contributed by atoms with Crippen LogP contribution in [0.3, 0.4) is 0 Å². The van der Waals surface area contributed by atoms with E-state index in [-0.39, 0.29) is 0 Å². The van der Waals surface area contributed by atoms with E-state index in [0.29, 0.717) is 10.9 Å². The number of anilines is 2. The first-order valence-corrected chi connectivity index (χ1v) is 7.15. The minimum atomic E-state index is -4.38. The monoisotopic (exact) mass is 321 g/mol. The van der Waals surface area contributed by atoms with Crippen LogP contribution in [0.5, 0.6) is 0 Å². The van der Waals surface area contributed by atoms with Crippen LogP contribution in [0.2, 0.25) is 0 Å². The molecule has 0 radical (unpaired) electrons. The van der Waals surface area contributed by atoms with Gasteiger partial charge in [0.05, 0.1) is 10.4 Å². The zero-order chi connectivity index (χ0) is 15.6. The fourth-order valence-electron chi connectivity index (χ4n) is 1.81. The van der Waals surface area contributed by atoms with Crippen LogP contribution in [-0.4, -0.2) is 9.97 Å². The van der Waals surface area contributed by atoms with E-state index >= 15 is 0 Å². The molecule has 3 aromatic rings. The summed E-state index contributed by atoms with van der Waals surface area (Å²) in [4.78, 5) is 8.93. The minimum absolute atomic E-state index is 0.321. The van der Waals surface area contributed by atoms with Crippen LogP contribution in [0.4, 0.5) is 24.1 Å². The summed E-state index contributed by atoms with van der Waals surface area (Å²) >= 11 is 1.41. The van der Waals surface area contributed by atoms with Crippen LogP contribution >= 0.6 is 11.3 Å². The molecule has 3 rings (SSSR count). The Morgan fingerprint density at radius 2 is 1.68 bits per heavy atom. The van der Waals surface area contributed by atoms with Gasteiger partial charge in [-0.2, -0.15) is 13.2 Å². The topological polar surface area (TPSA) is 37.8 Å². The van der Waals surface area contributed by atoms with Crippen molar-refractivity contribution in [3.63, 3.8) is 0 Å². The number of halogens is 3. The van der Waals surface area contributed by atoms with Crippen LogP contribution in [0, 0.1) is 0 Å². The molecule has 0 aliphatic rings. The minimum Gasteiger partial charge on any atom is -0.316 e. The van der Waals surface area contributed by atoms with Crippen molar-refractivity contribution >= 4 is 22.3 Å². The molecule has 0 aliphatic heterocycles. The summed E-state index contributed by atoms with van der Waals surface area (Å²) in [5.41, 5.74) is 0.260. The first-order chi connectivity index (χ1) is 10.5. The molecule has 0 unspecified atom stereocenters. The Morgan fingerprint density at radius 3 is 2.32 bits per heavy atom. The van der Waals surface area contributed by atoms with Crippen molar-refractivity contribution in [1.82, 2.24) is 9.97 Å². The van der Waals surface area contributed by atoms with Crippen molar-refractivity contribution in [3.05, 3.63) is 60.4 Å². The van der Waals surface area contributed by atoms with E-state index < -0.39 is 11.7 Å². The summed E-state index contributed by atoms with van der Waals surface area (Å²) < 4.78 is 37.4. The molecular formula is C15H10F3N3S. The van der Waals surface area contributed by atoms with Crippen molar-refractivity contribution < 1.29 is 13.2 Å². The van der Waals surface area contributed by atoms with Gasteiger partial charge in [-0.3, -0.25) is 0 Å². The van der Waals surface area contributed by atoms with Gasteiger partial charge in [-0.25, -0.2) is 9.97 Å². The third kappa shape index (κ3) is 3.25. The van der Waals surface area contributed by atoms with Gasteiger partial charge in [-0.15, -0.1) is 0 Å². The van der Waals surface area contributed by atoms with Crippen LogP contribution in [0.15, 0.2) is 54.9 Å². The fourth-order valence-corrected chi connectivity index (χ4v) is 2.64. The van der Waals surface area contributed by atoms with Gasteiger partial charge < -0.3 is 5.32 Å². The van der Waals surface area contributed by atoms with E-state index in [9.17, 15) is 13.2 Å². The zero-order valence-electron chi connectivity index (χ0n) is 11.1. The number of thiazole rings is 1. The Balaban J connectivity index is 1.76. The number of aromatic nitrogens is 2. The summed E-state index contributed by atoms with van der Waals surface area (Å²) in [6.07, 6.45) is -1.87. The molecule has 0 saturated carbocycles. The van der Waals surface area contributed by atoms with Crippen molar-refractivity contribution in [1.29, 1.82) is 0 Å². The molecule has 112 valence electrons. The molecule has 0 saturated heterocycles. The number of benzene rings is 1. The van der Waals surface area contributed by atoms with Crippen molar-refractivity contribution in [2.45, 2.75) is 6.18 Å². The summed E-state index contributed by atoms with van der Waals surface area (Å²) in [6, 6.07) is 12.0. The molecule has 1 N–H and O–H groups in total.